The summed E-state index contributed by atoms with van der Waals surface area (Å²) in [5.41, 5.74) is 1.56. The maximum absolute atomic E-state index is 12.2. The van der Waals surface area contributed by atoms with Crippen molar-refractivity contribution in [3.05, 3.63) is 36.0 Å². The molecule has 1 aliphatic heterocycles. The van der Waals surface area contributed by atoms with E-state index in [2.05, 4.69) is 22.6 Å². The van der Waals surface area contributed by atoms with Crippen molar-refractivity contribution in [1.82, 2.24) is 9.88 Å². The smallest absolute Gasteiger partial charge is 0.231 e. The lowest BCUT2D eigenvalue weighted by molar-refractivity contribution is -0.119. The van der Waals surface area contributed by atoms with Crippen LogP contribution < -0.4 is 5.32 Å². The molecule has 1 amide bonds. The van der Waals surface area contributed by atoms with Crippen LogP contribution in [0.4, 0.5) is 5.13 Å². The van der Waals surface area contributed by atoms with Crippen molar-refractivity contribution in [2.75, 3.05) is 18.4 Å². The number of carbonyl (C=O) groups excluding carboxylic acids is 1. The highest BCUT2D eigenvalue weighted by atomic mass is 32.1. The average molecular weight is 323 g/mol. The summed E-state index contributed by atoms with van der Waals surface area (Å²) in [6, 6.07) is 9.31. The van der Waals surface area contributed by atoms with Crippen molar-refractivity contribution in [1.29, 1.82) is 10.5 Å². The van der Waals surface area contributed by atoms with E-state index in [4.69, 9.17) is 10.5 Å². The molecule has 1 atom stereocenters. The minimum atomic E-state index is -0.170. The van der Waals surface area contributed by atoms with Crippen LogP contribution >= 0.6 is 11.3 Å². The number of rotatable bonds is 3. The van der Waals surface area contributed by atoms with Crippen LogP contribution in [0, 0.1) is 28.7 Å². The summed E-state index contributed by atoms with van der Waals surface area (Å²) in [7, 11) is 0. The van der Waals surface area contributed by atoms with Crippen molar-refractivity contribution in [2.45, 2.75) is 6.42 Å². The Kier molecular flexibility index (Phi) is 4.22. The minimum Gasteiger partial charge on any atom is -0.310 e. The van der Waals surface area contributed by atoms with E-state index >= 15 is 0 Å². The topological polar surface area (TPSA) is 92.8 Å². The van der Waals surface area contributed by atoms with Gasteiger partial charge in [-0.25, -0.2) is 4.98 Å². The number of nitrogens with zero attached hydrogens (tertiary/aromatic N) is 4. The van der Waals surface area contributed by atoms with Gasteiger partial charge in [-0.05, 0) is 24.1 Å². The van der Waals surface area contributed by atoms with E-state index in [9.17, 15) is 4.79 Å². The lowest BCUT2D eigenvalue weighted by Crippen LogP contribution is -2.25. The Labute approximate surface area is 137 Å². The van der Waals surface area contributed by atoms with E-state index in [1.54, 1.807) is 23.2 Å². The lowest BCUT2D eigenvalue weighted by Gasteiger charge is -2.08. The monoisotopic (exact) mass is 323 g/mol. The van der Waals surface area contributed by atoms with Gasteiger partial charge in [0.2, 0.25) is 5.91 Å². The molecule has 2 aromatic rings. The molecule has 3 rings (SSSR count). The van der Waals surface area contributed by atoms with Crippen LogP contribution in [0.25, 0.3) is 10.4 Å². The molecule has 0 saturated carbocycles. The molecule has 0 unspecified atom stereocenters. The van der Waals surface area contributed by atoms with Gasteiger partial charge in [-0.2, -0.15) is 10.5 Å². The molecule has 1 aromatic carbocycles. The number of likely N-dealkylation sites (tertiary alicyclic amines) is 1. The molecular weight excluding hydrogens is 310 g/mol. The zero-order valence-electron chi connectivity index (χ0n) is 12.2. The summed E-state index contributed by atoms with van der Waals surface area (Å²) in [6.07, 6.45) is 4.46. The Morgan fingerprint density at radius 1 is 1.35 bits per heavy atom. The Hall–Kier alpha value is -2.90. The van der Waals surface area contributed by atoms with Gasteiger partial charge in [-0.15, -0.1) is 0 Å². The Balaban J connectivity index is 1.66. The van der Waals surface area contributed by atoms with Crippen LogP contribution in [0.1, 0.15) is 12.0 Å². The van der Waals surface area contributed by atoms with Crippen LogP contribution in [0.3, 0.4) is 0 Å². The second kappa shape index (κ2) is 6.47. The molecule has 1 fully saturated rings. The van der Waals surface area contributed by atoms with Gasteiger partial charge in [0.1, 0.15) is 0 Å². The summed E-state index contributed by atoms with van der Waals surface area (Å²) < 4.78 is 0. The second-order valence-corrected chi connectivity index (χ2v) is 6.27. The Morgan fingerprint density at radius 3 is 2.78 bits per heavy atom. The van der Waals surface area contributed by atoms with Crippen LogP contribution in [0.15, 0.2) is 30.5 Å². The SMILES string of the molecule is N#Cc1ccc(-c2cnc(NC(=O)[C@H]3CCN(C#N)C3)s2)cc1. The van der Waals surface area contributed by atoms with Crippen LogP contribution in [-0.2, 0) is 4.79 Å². The highest BCUT2D eigenvalue weighted by Gasteiger charge is 2.28. The molecule has 6 nitrogen and oxygen atoms in total. The van der Waals surface area contributed by atoms with E-state index in [1.165, 1.54) is 11.3 Å². The molecular formula is C16H13N5OS. The summed E-state index contributed by atoms with van der Waals surface area (Å²) in [4.78, 5) is 18.9. The van der Waals surface area contributed by atoms with Crippen LogP contribution in [-0.4, -0.2) is 28.9 Å². The van der Waals surface area contributed by atoms with Crippen molar-refractivity contribution in [3.8, 4) is 22.7 Å². The molecule has 114 valence electrons. The first-order valence-electron chi connectivity index (χ1n) is 7.11. The first-order chi connectivity index (χ1) is 11.2. The van der Waals surface area contributed by atoms with Crippen molar-refractivity contribution >= 4 is 22.4 Å². The first kappa shape index (κ1) is 15.0. The highest BCUT2D eigenvalue weighted by Crippen LogP contribution is 2.29. The van der Waals surface area contributed by atoms with Gasteiger partial charge < -0.3 is 10.2 Å². The molecule has 0 radical (unpaired) electrons. The fourth-order valence-electron chi connectivity index (χ4n) is 2.45. The van der Waals surface area contributed by atoms with E-state index in [0.717, 1.165) is 10.4 Å². The summed E-state index contributed by atoms with van der Waals surface area (Å²) in [5.74, 6) is -0.264. The summed E-state index contributed by atoms with van der Waals surface area (Å²) in [6.45, 7) is 1.10. The maximum atomic E-state index is 12.2. The molecule has 1 aromatic heterocycles. The number of nitriles is 2. The predicted octanol–water partition coefficient (Wildman–Crippen LogP) is 2.42. The number of anilines is 1. The third-order valence-corrected chi connectivity index (χ3v) is 4.70. The molecule has 0 bridgehead atoms. The number of amides is 1. The van der Waals surface area contributed by atoms with Gasteiger partial charge in [0, 0.05) is 19.3 Å². The fraction of sp³-hybridized carbons (Fsp3) is 0.250. The fourth-order valence-corrected chi connectivity index (χ4v) is 3.27. The molecule has 1 saturated heterocycles. The zero-order chi connectivity index (χ0) is 16.2. The quantitative estimate of drug-likeness (QED) is 0.876. The maximum Gasteiger partial charge on any atom is 0.231 e. The molecule has 0 aliphatic carbocycles. The summed E-state index contributed by atoms with van der Waals surface area (Å²) >= 11 is 1.39. The van der Waals surface area contributed by atoms with Crippen LogP contribution in [0.5, 0.6) is 0 Å². The van der Waals surface area contributed by atoms with Gasteiger partial charge in [0.15, 0.2) is 11.3 Å². The molecule has 1 N–H and O–H groups in total. The number of nitrogens with one attached hydrogen (secondary N) is 1. The first-order valence-corrected chi connectivity index (χ1v) is 7.93. The Bertz CT molecular complexity index is 799. The Morgan fingerprint density at radius 2 is 2.13 bits per heavy atom. The number of hydrogen-bond donors (Lipinski definition) is 1. The van der Waals surface area contributed by atoms with E-state index in [0.29, 0.717) is 30.2 Å². The van der Waals surface area contributed by atoms with Crippen molar-refractivity contribution in [3.63, 3.8) is 0 Å². The molecule has 23 heavy (non-hydrogen) atoms. The third-order valence-electron chi connectivity index (χ3n) is 3.73. The predicted molar refractivity (Wildman–Crippen MR) is 86.2 cm³/mol. The largest absolute Gasteiger partial charge is 0.310 e. The summed E-state index contributed by atoms with van der Waals surface area (Å²) in [5, 5.41) is 21.0. The minimum absolute atomic E-state index is 0.0940. The third kappa shape index (κ3) is 3.31. The molecule has 7 heteroatoms. The normalized spacial score (nSPS) is 16.6. The zero-order valence-corrected chi connectivity index (χ0v) is 13.0. The van der Waals surface area contributed by atoms with Crippen molar-refractivity contribution in [2.24, 2.45) is 5.92 Å². The number of hydrogen-bond acceptors (Lipinski definition) is 6. The average Bonchev–Trinajstić information content (AvgIpc) is 3.24. The molecule has 2 heterocycles. The number of benzene rings is 1. The van der Waals surface area contributed by atoms with Crippen LogP contribution in [0.2, 0.25) is 0 Å². The van der Waals surface area contributed by atoms with Crippen molar-refractivity contribution < 1.29 is 4.79 Å². The van der Waals surface area contributed by atoms with E-state index < -0.39 is 0 Å². The van der Waals surface area contributed by atoms with Gasteiger partial charge >= 0.3 is 0 Å². The highest BCUT2D eigenvalue weighted by molar-refractivity contribution is 7.19. The van der Waals surface area contributed by atoms with Gasteiger partial charge in [0.25, 0.3) is 0 Å². The number of aromatic nitrogens is 1. The van der Waals surface area contributed by atoms with Gasteiger partial charge in [0.05, 0.1) is 22.4 Å². The molecule has 0 spiro atoms. The second-order valence-electron chi connectivity index (χ2n) is 5.24. The number of thiazole rings is 1. The van der Waals surface area contributed by atoms with Gasteiger partial charge in [-0.3, -0.25) is 4.79 Å². The molecule has 1 aliphatic rings. The standard InChI is InChI=1S/C16H13N5OS/c17-7-11-1-3-12(4-2-11)14-8-19-16(23-14)20-15(22)13-5-6-21(9-13)10-18/h1-4,8,13H,5-6,9H2,(H,19,20,22)/t13-/m0/s1. The van der Waals surface area contributed by atoms with E-state index in [-0.39, 0.29) is 11.8 Å². The lowest BCUT2D eigenvalue weighted by atomic mass is 10.1. The van der Waals surface area contributed by atoms with E-state index in [1.807, 2.05) is 12.1 Å². The number of carbonyl (C=O) groups is 1. The van der Waals surface area contributed by atoms with Gasteiger partial charge in [-0.1, -0.05) is 23.5 Å².